The molecular formula is C19H27NO5. The molecule has 1 saturated carbocycles. The molecule has 25 heavy (non-hydrogen) atoms. The van der Waals surface area contributed by atoms with E-state index in [1.165, 1.54) is 4.90 Å². The SMILES string of the molecule is C=C(C)CC12C=CC(C1)C1C(=O)N(CCOCCOCCO)C(=O)C12. The average molecular weight is 349 g/mol. The molecule has 0 spiro atoms. The highest BCUT2D eigenvalue weighted by molar-refractivity contribution is 6.06. The Balaban J connectivity index is 1.56. The minimum atomic E-state index is -0.236. The molecule has 6 nitrogen and oxygen atoms in total. The second kappa shape index (κ2) is 7.40. The number of fused-ring (bicyclic) bond motifs is 5. The van der Waals surface area contributed by atoms with Gasteiger partial charge in [-0.2, -0.15) is 0 Å². The lowest BCUT2D eigenvalue weighted by Gasteiger charge is -2.30. The highest BCUT2D eigenvalue weighted by Crippen LogP contribution is 2.62. The maximum absolute atomic E-state index is 12.9. The van der Waals surface area contributed by atoms with Crippen LogP contribution >= 0.6 is 0 Å². The quantitative estimate of drug-likeness (QED) is 0.364. The van der Waals surface area contributed by atoms with Gasteiger partial charge in [0.1, 0.15) is 0 Å². The van der Waals surface area contributed by atoms with E-state index >= 15 is 0 Å². The van der Waals surface area contributed by atoms with E-state index in [1.54, 1.807) is 0 Å². The number of nitrogens with zero attached hydrogens (tertiary/aromatic N) is 1. The summed E-state index contributed by atoms with van der Waals surface area (Å²) in [5.41, 5.74) is 0.831. The van der Waals surface area contributed by atoms with Crippen LogP contribution < -0.4 is 0 Å². The Morgan fingerprint density at radius 1 is 1.28 bits per heavy atom. The van der Waals surface area contributed by atoms with Crippen LogP contribution in [0, 0.1) is 23.2 Å². The number of ether oxygens (including phenoxy) is 2. The molecule has 0 aromatic rings. The van der Waals surface area contributed by atoms with Crippen LogP contribution in [0.15, 0.2) is 24.3 Å². The topological polar surface area (TPSA) is 76.1 Å². The maximum Gasteiger partial charge on any atom is 0.234 e. The van der Waals surface area contributed by atoms with Gasteiger partial charge in [0.15, 0.2) is 0 Å². The summed E-state index contributed by atoms with van der Waals surface area (Å²) >= 11 is 0. The van der Waals surface area contributed by atoms with Crippen molar-refractivity contribution in [3.8, 4) is 0 Å². The van der Waals surface area contributed by atoms with Gasteiger partial charge in [0.2, 0.25) is 11.8 Å². The molecular weight excluding hydrogens is 322 g/mol. The smallest absolute Gasteiger partial charge is 0.234 e. The van der Waals surface area contributed by atoms with E-state index in [4.69, 9.17) is 14.6 Å². The van der Waals surface area contributed by atoms with Gasteiger partial charge in [-0.05, 0) is 25.7 Å². The standard InChI is InChI=1S/C19H27NO5/c1-13(2)11-19-4-3-14(12-19)15-16(19)18(23)20(17(15)22)5-7-24-9-10-25-8-6-21/h3-4,14-16,21H,1,5-12H2,2H3. The van der Waals surface area contributed by atoms with Crippen LogP contribution in [0.1, 0.15) is 19.8 Å². The van der Waals surface area contributed by atoms with Crippen molar-refractivity contribution < 1.29 is 24.2 Å². The van der Waals surface area contributed by atoms with Gasteiger partial charge in [-0.25, -0.2) is 0 Å². The van der Waals surface area contributed by atoms with Crippen LogP contribution in [0.3, 0.4) is 0 Å². The highest BCUT2D eigenvalue weighted by atomic mass is 16.5. The molecule has 1 aliphatic heterocycles. The zero-order valence-electron chi connectivity index (χ0n) is 14.8. The number of carbonyl (C=O) groups is 2. The van der Waals surface area contributed by atoms with E-state index in [2.05, 4.69) is 18.7 Å². The van der Waals surface area contributed by atoms with E-state index in [0.29, 0.717) is 26.4 Å². The van der Waals surface area contributed by atoms with Gasteiger partial charge < -0.3 is 14.6 Å². The largest absolute Gasteiger partial charge is 0.394 e. The molecule has 3 rings (SSSR count). The number of likely N-dealkylation sites (tertiary alicyclic amines) is 1. The molecule has 2 amide bonds. The van der Waals surface area contributed by atoms with Crippen molar-refractivity contribution in [2.75, 3.05) is 39.6 Å². The Morgan fingerprint density at radius 3 is 2.68 bits per heavy atom. The van der Waals surface area contributed by atoms with Crippen LogP contribution in [0.25, 0.3) is 0 Å². The zero-order valence-corrected chi connectivity index (χ0v) is 14.8. The Morgan fingerprint density at radius 2 is 2.00 bits per heavy atom. The van der Waals surface area contributed by atoms with E-state index in [1.807, 2.05) is 6.92 Å². The number of hydrogen-bond acceptors (Lipinski definition) is 5. The van der Waals surface area contributed by atoms with Crippen LogP contribution in [-0.2, 0) is 19.1 Å². The van der Waals surface area contributed by atoms with Gasteiger partial charge in [0.05, 0.1) is 51.4 Å². The van der Waals surface area contributed by atoms with Gasteiger partial charge in [0.25, 0.3) is 0 Å². The Hall–Kier alpha value is -1.50. The number of imide groups is 1. The monoisotopic (exact) mass is 349 g/mol. The van der Waals surface area contributed by atoms with Crippen LogP contribution in [0.2, 0.25) is 0 Å². The molecule has 2 aliphatic carbocycles. The first kappa shape index (κ1) is 18.3. The predicted octanol–water partition coefficient (Wildman–Crippen LogP) is 1.16. The van der Waals surface area contributed by atoms with E-state index in [-0.39, 0.29) is 48.2 Å². The Labute approximate surface area is 148 Å². The van der Waals surface area contributed by atoms with Crippen molar-refractivity contribution in [1.82, 2.24) is 4.90 Å². The van der Waals surface area contributed by atoms with Gasteiger partial charge in [-0.3, -0.25) is 14.5 Å². The summed E-state index contributed by atoms with van der Waals surface area (Å²) in [5.74, 6) is -0.362. The molecule has 6 heteroatoms. The molecule has 1 saturated heterocycles. The first-order chi connectivity index (χ1) is 12.0. The molecule has 3 aliphatic rings. The van der Waals surface area contributed by atoms with Crippen molar-refractivity contribution in [3.05, 3.63) is 24.3 Å². The van der Waals surface area contributed by atoms with Crippen molar-refractivity contribution in [2.24, 2.45) is 23.2 Å². The third-order valence-electron chi connectivity index (χ3n) is 5.51. The lowest BCUT2D eigenvalue weighted by atomic mass is 9.71. The van der Waals surface area contributed by atoms with E-state index in [0.717, 1.165) is 18.4 Å². The summed E-state index contributed by atoms with van der Waals surface area (Å²) in [6.45, 7) is 7.64. The highest BCUT2D eigenvalue weighted by Gasteiger charge is 2.65. The van der Waals surface area contributed by atoms with Crippen LogP contribution in [0.4, 0.5) is 0 Å². The number of amides is 2. The molecule has 0 aromatic carbocycles. The fourth-order valence-electron chi connectivity index (χ4n) is 4.72. The molecule has 138 valence electrons. The van der Waals surface area contributed by atoms with Gasteiger partial charge in [0, 0.05) is 5.41 Å². The minimum Gasteiger partial charge on any atom is -0.394 e. The summed E-state index contributed by atoms with van der Waals surface area (Å²) in [6, 6.07) is 0. The third kappa shape index (κ3) is 3.30. The average Bonchev–Trinajstić information content (AvgIpc) is 3.18. The van der Waals surface area contributed by atoms with Gasteiger partial charge in [-0.15, -0.1) is 6.58 Å². The summed E-state index contributed by atoms with van der Waals surface area (Å²) < 4.78 is 10.5. The van der Waals surface area contributed by atoms with E-state index < -0.39 is 0 Å². The fourth-order valence-corrected chi connectivity index (χ4v) is 4.72. The maximum atomic E-state index is 12.9. The fraction of sp³-hybridized carbons (Fsp3) is 0.684. The molecule has 0 radical (unpaired) electrons. The summed E-state index contributed by atoms with van der Waals surface area (Å²) in [5, 5.41) is 8.61. The first-order valence-electron chi connectivity index (χ1n) is 8.95. The summed E-state index contributed by atoms with van der Waals surface area (Å²) in [6.07, 6.45) is 5.93. The first-order valence-corrected chi connectivity index (χ1v) is 8.95. The molecule has 1 N–H and O–H groups in total. The number of allylic oxidation sites excluding steroid dienone is 3. The Kier molecular flexibility index (Phi) is 5.41. The van der Waals surface area contributed by atoms with Crippen LogP contribution in [0.5, 0.6) is 0 Å². The lowest BCUT2D eigenvalue weighted by Crippen LogP contribution is -2.37. The molecule has 4 unspecified atom stereocenters. The number of carbonyl (C=O) groups excluding carboxylic acids is 2. The van der Waals surface area contributed by atoms with Crippen molar-refractivity contribution in [2.45, 2.75) is 19.8 Å². The molecule has 4 atom stereocenters. The number of aliphatic hydroxyl groups is 1. The molecule has 2 bridgehead atoms. The van der Waals surface area contributed by atoms with Crippen molar-refractivity contribution >= 4 is 11.8 Å². The number of hydrogen-bond donors (Lipinski definition) is 1. The van der Waals surface area contributed by atoms with Crippen LogP contribution in [-0.4, -0.2) is 61.4 Å². The number of aliphatic hydroxyl groups excluding tert-OH is 1. The minimum absolute atomic E-state index is 0.0132. The van der Waals surface area contributed by atoms with Gasteiger partial charge in [-0.1, -0.05) is 17.7 Å². The summed E-state index contributed by atoms with van der Waals surface area (Å²) in [4.78, 5) is 27.1. The normalized spacial score (nSPS) is 32.7. The van der Waals surface area contributed by atoms with Crippen molar-refractivity contribution in [3.63, 3.8) is 0 Å². The number of rotatable bonds is 10. The third-order valence-corrected chi connectivity index (χ3v) is 5.51. The van der Waals surface area contributed by atoms with Gasteiger partial charge >= 0.3 is 0 Å². The molecule has 1 heterocycles. The Bertz CT molecular complexity index is 586. The molecule has 2 fully saturated rings. The second-order valence-corrected chi connectivity index (χ2v) is 7.37. The van der Waals surface area contributed by atoms with Crippen molar-refractivity contribution in [1.29, 1.82) is 0 Å². The summed E-state index contributed by atoms with van der Waals surface area (Å²) in [7, 11) is 0. The molecule has 0 aromatic heterocycles. The zero-order chi connectivity index (χ0) is 18.0. The predicted molar refractivity (Wildman–Crippen MR) is 91.5 cm³/mol. The second-order valence-electron chi connectivity index (χ2n) is 7.37. The van der Waals surface area contributed by atoms with E-state index in [9.17, 15) is 9.59 Å². The lowest BCUT2D eigenvalue weighted by molar-refractivity contribution is -0.142.